The third-order valence-corrected chi connectivity index (χ3v) is 2.24. The van der Waals surface area contributed by atoms with Crippen LogP contribution in [0, 0.1) is 11.6 Å². The highest BCUT2D eigenvalue weighted by molar-refractivity contribution is 6.33. The Morgan fingerprint density at radius 3 is 2.53 bits per heavy atom. The molecule has 0 unspecified atom stereocenters. The van der Waals surface area contributed by atoms with Crippen molar-refractivity contribution < 1.29 is 8.78 Å². The molecule has 2 aromatic rings. The topological polar surface area (TPSA) is 63.8 Å². The fraction of sp³-hybridized carbons (Fsp3) is 0. The lowest BCUT2D eigenvalue weighted by Gasteiger charge is -2.08. The average molecular weight is 257 g/mol. The van der Waals surface area contributed by atoms with Gasteiger partial charge < -0.3 is 11.1 Å². The summed E-state index contributed by atoms with van der Waals surface area (Å²) in [4.78, 5) is 0. The molecular weight excluding hydrogens is 250 g/mol. The van der Waals surface area contributed by atoms with Crippen LogP contribution in [0.1, 0.15) is 0 Å². The molecule has 0 aliphatic rings. The van der Waals surface area contributed by atoms with E-state index in [-0.39, 0.29) is 22.3 Å². The van der Waals surface area contributed by atoms with E-state index in [4.69, 9.17) is 17.3 Å². The first-order valence-electron chi connectivity index (χ1n) is 4.57. The molecule has 4 nitrogen and oxygen atoms in total. The van der Waals surface area contributed by atoms with Crippen molar-refractivity contribution in [3.8, 4) is 0 Å². The van der Waals surface area contributed by atoms with Crippen molar-refractivity contribution >= 4 is 28.9 Å². The van der Waals surface area contributed by atoms with Gasteiger partial charge in [0.05, 0.1) is 10.7 Å². The van der Waals surface area contributed by atoms with Crippen LogP contribution in [0.3, 0.4) is 0 Å². The Bertz CT molecular complexity index is 521. The Balaban J connectivity index is 2.33. The van der Waals surface area contributed by atoms with E-state index in [1.54, 1.807) is 0 Å². The van der Waals surface area contributed by atoms with E-state index < -0.39 is 11.6 Å². The van der Waals surface area contributed by atoms with Gasteiger partial charge in [0.2, 0.25) is 0 Å². The summed E-state index contributed by atoms with van der Waals surface area (Å²) in [5.74, 6) is -1.07. The molecule has 1 heterocycles. The molecule has 0 amide bonds. The minimum absolute atomic E-state index is 0.0628. The summed E-state index contributed by atoms with van der Waals surface area (Å²) in [5, 5.41) is 9.76. The third kappa shape index (κ3) is 2.59. The van der Waals surface area contributed by atoms with Gasteiger partial charge in [-0.15, -0.1) is 10.2 Å². The first kappa shape index (κ1) is 11.5. The standard InChI is InChI=1S/C10H7ClF2N4/c11-6-3-5(12)4-7(13)10(6)15-9-2-1-8(14)16-17-9/h1-4H,(H2,14,16)(H,15,17). The lowest BCUT2D eigenvalue weighted by atomic mass is 10.3. The third-order valence-electron chi connectivity index (χ3n) is 1.95. The summed E-state index contributed by atoms with van der Waals surface area (Å²) >= 11 is 5.70. The molecule has 0 aliphatic heterocycles. The number of hydrogen-bond acceptors (Lipinski definition) is 4. The smallest absolute Gasteiger partial charge is 0.153 e. The van der Waals surface area contributed by atoms with Crippen LogP contribution < -0.4 is 11.1 Å². The second kappa shape index (κ2) is 4.50. The van der Waals surface area contributed by atoms with E-state index in [2.05, 4.69) is 15.5 Å². The normalized spacial score (nSPS) is 10.3. The number of benzene rings is 1. The molecular formula is C10H7ClF2N4. The molecule has 0 aliphatic carbocycles. The number of anilines is 3. The lowest BCUT2D eigenvalue weighted by molar-refractivity contribution is 0.586. The summed E-state index contributed by atoms with van der Waals surface area (Å²) in [6, 6.07) is 4.71. The minimum Gasteiger partial charge on any atom is -0.382 e. The van der Waals surface area contributed by atoms with Gasteiger partial charge >= 0.3 is 0 Å². The summed E-state index contributed by atoms with van der Waals surface area (Å²) in [6.07, 6.45) is 0. The van der Waals surface area contributed by atoms with Gasteiger partial charge in [-0.05, 0) is 18.2 Å². The first-order valence-corrected chi connectivity index (χ1v) is 4.95. The Hall–Kier alpha value is -1.95. The SMILES string of the molecule is Nc1ccc(Nc2c(F)cc(F)cc2Cl)nn1. The second-order valence-corrected chi connectivity index (χ2v) is 3.62. The number of nitrogen functional groups attached to an aromatic ring is 1. The molecule has 0 saturated heterocycles. The maximum absolute atomic E-state index is 13.4. The molecule has 0 saturated carbocycles. The van der Waals surface area contributed by atoms with Gasteiger partial charge in [0, 0.05) is 6.07 Å². The molecule has 88 valence electrons. The molecule has 7 heteroatoms. The molecule has 0 radical (unpaired) electrons. The zero-order valence-electron chi connectivity index (χ0n) is 8.42. The first-order chi connectivity index (χ1) is 8.06. The van der Waals surface area contributed by atoms with E-state index in [1.807, 2.05) is 0 Å². The van der Waals surface area contributed by atoms with Gasteiger partial charge in [0.25, 0.3) is 0 Å². The minimum atomic E-state index is -0.811. The van der Waals surface area contributed by atoms with Gasteiger partial charge in [-0.25, -0.2) is 8.78 Å². The van der Waals surface area contributed by atoms with E-state index in [0.717, 1.165) is 12.1 Å². The monoisotopic (exact) mass is 256 g/mol. The summed E-state index contributed by atoms with van der Waals surface area (Å²) in [6.45, 7) is 0. The van der Waals surface area contributed by atoms with Gasteiger partial charge in [0.1, 0.15) is 11.6 Å². The number of nitrogens with one attached hydrogen (secondary N) is 1. The number of halogens is 3. The van der Waals surface area contributed by atoms with Crippen LogP contribution >= 0.6 is 11.6 Å². The van der Waals surface area contributed by atoms with Gasteiger partial charge in [0.15, 0.2) is 11.6 Å². The molecule has 0 spiro atoms. The van der Waals surface area contributed by atoms with Crippen LogP contribution in [0.5, 0.6) is 0 Å². The maximum atomic E-state index is 13.4. The molecule has 17 heavy (non-hydrogen) atoms. The molecule has 3 N–H and O–H groups in total. The van der Waals surface area contributed by atoms with Crippen LogP contribution in [0.2, 0.25) is 5.02 Å². The predicted octanol–water partition coefficient (Wildman–Crippen LogP) is 2.73. The van der Waals surface area contributed by atoms with Crippen molar-refractivity contribution in [2.45, 2.75) is 0 Å². The molecule has 0 fully saturated rings. The summed E-state index contributed by atoms with van der Waals surface area (Å²) in [7, 11) is 0. The summed E-state index contributed by atoms with van der Waals surface area (Å²) in [5.41, 5.74) is 5.29. The van der Waals surface area contributed by atoms with Crippen molar-refractivity contribution in [1.29, 1.82) is 0 Å². The zero-order chi connectivity index (χ0) is 12.4. The highest BCUT2D eigenvalue weighted by Crippen LogP contribution is 2.28. The molecule has 0 atom stereocenters. The quantitative estimate of drug-likeness (QED) is 0.867. The van der Waals surface area contributed by atoms with Crippen molar-refractivity contribution in [1.82, 2.24) is 10.2 Å². The predicted molar refractivity (Wildman–Crippen MR) is 61.1 cm³/mol. The molecule has 1 aromatic heterocycles. The molecule has 2 rings (SSSR count). The highest BCUT2D eigenvalue weighted by Gasteiger charge is 2.10. The number of nitrogens with zero attached hydrogens (tertiary/aromatic N) is 2. The number of hydrogen-bond donors (Lipinski definition) is 2. The van der Waals surface area contributed by atoms with E-state index in [9.17, 15) is 8.78 Å². The average Bonchev–Trinajstić information content (AvgIpc) is 2.26. The molecule has 0 bridgehead atoms. The van der Waals surface area contributed by atoms with Gasteiger partial charge in [-0.3, -0.25) is 0 Å². The van der Waals surface area contributed by atoms with E-state index >= 15 is 0 Å². The van der Waals surface area contributed by atoms with Crippen molar-refractivity contribution in [3.05, 3.63) is 40.9 Å². The zero-order valence-corrected chi connectivity index (χ0v) is 9.17. The van der Waals surface area contributed by atoms with Crippen molar-refractivity contribution in [2.75, 3.05) is 11.1 Å². The second-order valence-electron chi connectivity index (χ2n) is 3.21. The maximum Gasteiger partial charge on any atom is 0.153 e. The Labute approximate surface area is 100 Å². The van der Waals surface area contributed by atoms with Crippen LogP contribution in [-0.2, 0) is 0 Å². The highest BCUT2D eigenvalue weighted by atomic mass is 35.5. The van der Waals surface area contributed by atoms with Crippen LogP contribution in [0.15, 0.2) is 24.3 Å². The molecule has 1 aromatic carbocycles. The van der Waals surface area contributed by atoms with Crippen LogP contribution in [0.4, 0.5) is 26.1 Å². The fourth-order valence-electron chi connectivity index (χ4n) is 1.20. The Morgan fingerprint density at radius 1 is 1.18 bits per heavy atom. The van der Waals surface area contributed by atoms with Crippen LogP contribution in [0.25, 0.3) is 0 Å². The van der Waals surface area contributed by atoms with Crippen molar-refractivity contribution in [2.24, 2.45) is 0 Å². The van der Waals surface area contributed by atoms with Gasteiger partial charge in [-0.2, -0.15) is 0 Å². The van der Waals surface area contributed by atoms with E-state index in [1.165, 1.54) is 12.1 Å². The number of nitrogens with two attached hydrogens (primary N) is 1. The lowest BCUT2D eigenvalue weighted by Crippen LogP contribution is -2.00. The number of aromatic nitrogens is 2. The summed E-state index contributed by atoms with van der Waals surface area (Å²) < 4.78 is 26.2. The van der Waals surface area contributed by atoms with Crippen molar-refractivity contribution in [3.63, 3.8) is 0 Å². The Kier molecular flexibility index (Phi) is 3.06. The largest absolute Gasteiger partial charge is 0.382 e. The van der Waals surface area contributed by atoms with Crippen LogP contribution in [-0.4, -0.2) is 10.2 Å². The number of rotatable bonds is 2. The fourth-order valence-corrected chi connectivity index (χ4v) is 1.44. The Morgan fingerprint density at radius 2 is 1.94 bits per heavy atom. The van der Waals surface area contributed by atoms with E-state index in [0.29, 0.717) is 0 Å². The van der Waals surface area contributed by atoms with Gasteiger partial charge in [-0.1, -0.05) is 11.6 Å².